The van der Waals surface area contributed by atoms with Gasteiger partial charge in [0.25, 0.3) is 0 Å². The molecule has 0 fully saturated rings. The molecule has 7 heteroatoms. The van der Waals surface area contributed by atoms with Gasteiger partial charge in [0.2, 0.25) is 12.7 Å². The molecular formula is C21H21N3O3S. The van der Waals surface area contributed by atoms with Crippen LogP contribution < -0.4 is 14.8 Å². The number of fused-ring (bicyclic) bond motifs is 1. The summed E-state index contributed by atoms with van der Waals surface area (Å²) in [6.45, 7) is 2.71. The highest BCUT2D eigenvalue weighted by molar-refractivity contribution is 7.99. The van der Waals surface area contributed by atoms with Crippen molar-refractivity contribution in [3.05, 3.63) is 71.0 Å². The number of thioether (sulfide) groups is 1. The number of rotatable bonds is 7. The van der Waals surface area contributed by atoms with E-state index < -0.39 is 0 Å². The van der Waals surface area contributed by atoms with E-state index in [1.54, 1.807) is 0 Å². The fourth-order valence-electron chi connectivity index (χ4n) is 2.93. The smallest absolute Gasteiger partial charge is 0.231 e. The number of amides is 1. The lowest BCUT2D eigenvalue weighted by Gasteiger charge is -2.05. The van der Waals surface area contributed by atoms with Crippen molar-refractivity contribution >= 4 is 17.7 Å². The Morgan fingerprint density at radius 2 is 1.96 bits per heavy atom. The van der Waals surface area contributed by atoms with Crippen molar-refractivity contribution in [2.75, 3.05) is 12.5 Å². The van der Waals surface area contributed by atoms with Gasteiger partial charge < -0.3 is 19.8 Å². The number of hydrogen-bond acceptors (Lipinski definition) is 5. The van der Waals surface area contributed by atoms with Crippen molar-refractivity contribution in [1.29, 1.82) is 0 Å². The maximum atomic E-state index is 12.2. The van der Waals surface area contributed by atoms with Gasteiger partial charge in [-0.1, -0.05) is 48.2 Å². The standard InChI is InChI=1S/C21H21N3O3S/c1-14-17(9-15-5-3-2-4-6-15)24-21(23-14)28-12-20(25)22-11-16-7-8-18-19(10-16)27-13-26-18/h2-8,10H,9,11-13H2,1H3,(H,22,25)(H,23,24). The molecule has 2 N–H and O–H groups in total. The first kappa shape index (κ1) is 18.4. The van der Waals surface area contributed by atoms with E-state index in [0.29, 0.717) is 12.3 Å². The second-order valence-electron chi connectivity index (χ2n) is 6.53. The average Bonchev–Trinajstić information content (AvgIpc) is 3.31. The summed E-state index contributed by atoms with van der Waals surface area (Å²) in [6.07, 6.45) is 0.778. The van der Waals surface area contributed by atoms with Gasteiger partial charge in [-0.05, 0) is 30.2 Å². The van der Waals surface area contributed by atoms with Gasteiger partial charge in [0.05, 0.1) is 11.4 Å². The van der Waals surface area contributed by atoms with E-state index in [4.69, 9.17) is 9.47 Å². The van der Waals surface area contributed by atoms with Crippen LogP contribution in [0.3, 0.4) is 0 Å². The molecule has 0 aliphatic carbocycles. The lowest BCUT2D eigenvalue weighted by Crippen LogP contribution is -2.24. The number of nitrogens with one attached hydrogen (secondary N) is 2. The first-order chi connectivity index (χ1) is 13.7. The molecule has 4 rings (SSSR count). The van der Waals surface area contributed by atoms with Crippen LogP contribution in [0.1, 0.15) is 22.5 Å². The Bertz CT molecular complexity index is 972. The van der Waals surface area contributed by atoms with E-state index in [1.165, 1.54) is 17.3 Å². The number of imidazole rings is 1. The SMILES string of the molecule is Cc1[nH]c(SCC(=O)NCc2ccc3c(c2)OCO3)nc1Cc1ccccc1. The minimum absolute atomic E-state index is 0.0404. The predicted octanol–water partition coefficient (Wildman–Crippen LogP) is 3.45. The number of benzene rings is 2. The summed E-state index contributed by atoms with van der Waals surface area (Å²) in [5, 5.41) is 3.69. The van der Waals surface area contributed by atoms with E-state index in [0.717, 1.165) is 40.0 Å². The molecule has 0 unspecified atom stereocenters. The Kier molecular flexibility index (Phi) is 5.53. The molecule has 1 aromatic heterocycles. The van der Waals surface area contributed by atoms with Gasteiger partial charge in [0, 0.05) is 18.7 Å². The van der Waals surface area contributed by atoms with Crippen LogP contribution in [0.15, 0.2) is 53.7 Å². The third-order valence-corrected chi connectivity index (χ3v) is 5.32. The second-order valence-corrected chi connectivity index (χ2v) is 7.49. The quantitative estimate of drug-likeness (QED) is 0.600. The van der Waals surface area contributed by atoms with Crippen LogP contribution in [-0.4, -0.2) is 28.4 Å². The van der Waals surface area contributed by atoms with Crippen molar-refractivity contribution in [1.82, 2.24) is 15.3 Å². The van der Waals surface area contributed by atoms with Gasteiger partial charge in [-0.3, -0.25) is 4.79 Å². The normalized spacial score (nSPS) is 12.2. The van der Waals surface area contributed by atoms with Crippen molar-refractivity contribution < 1.29 is 14.3 Å². The number of H-pyrrole nitrogens is 1. The van der Waals surface area contributed by atoms with Crippen LogP contribution in [0.25, 0.3) is 0 Å². The Labute approximate surface area is 167 Å². The second kappa shape index (κ2) is 8.39. The molecule has 0 saturated carbocycles. The number of ether oxygens (including phenoxy) is 2. The van der Waals surface area contributed by atoms with Crippen LogP contribution in [0.2, 0.25) is 0 Å². The number of aryl methyl sites for hydroxylation is 1. The summed E-state index contributed by atoms with van der Waals surface area (Å²) >= 11 is 1.41. The minimum Gasteiger partial charge on any atom is -0.454 e. The molecular weight excluding hydrogens is 374 g/mol. The Morgan fingerprint density at radius 3 is 2.82 bits per heavy atom. The number of aromatic amines is 1. The van der Waals surface area contributed by atoms with Gasteiger partial charge in [-0.2, -0.15) is 0 Å². The fraction of sp³-hybridized carbons (Fsp3) is 0.238. The number of nitrogens with zero attached hydrogens (tertiary/aromatic N) is 1. The van der Waals surface area contributed by atoms with Crippen LogP contribution >= 0.6 is 11.8 Å². The molecule has 1 amide bonds. The molecule has 0 atom stereocenters. The van der Waals surface area contributed by atoms with Crippen LogP contribution in [-0.2, 0) is 17.8 Å². The van der Waals surface area contributed by atoms with E-state index in [9.17, 15) is 4.79 Å². The van der Waals surface area contributed by atoms with Gasteiger partial charge in [0.15, 0.2) is 16.7 Å². The highest BCUT2D eigenvalue weighted by Gasteiger charge is 2.14. The first-order valence-electron chi connectivity index (χ1n) is 9.05. The Morgan fingerprint density at radius 1 is 1.14 bits per heavy atom. The Balaban J connectivity index is 1.27. The zero-order valence-electron chi connectivity index (χ0n) is 15.5. The monoisotopic (exact) mass is 395 g/mol. The molecule has 3 aromatic rings. The maximum Gasteiger partial charge on any atom is 0.231 e. The summed E-state index contributed by atoms with van der Waals surface area (Å²) in [4.78, 5) is 20.1. The molecule has 1 aliphatic rings. The Hall–Kier alpha value is -2.93. The van der Waals surface area contributed by atoms with E-state index in [2.05, 4.69) is 27.4 Å². The minimum atomic E-state index is -0.0404. The van der Waals surface area contributed by atoms with Crippen molar-refractivity contribution in [2.24, 2.45) is 0 Å². The number of aromatic nitrogens is 2. The number of carbonyl (C=O) groups excluding carboxylic acids is 1. The van der Waals surface area contributed by atoms with Gasteiger partial charge >= 0.3 is 0 Å². The zero-order chi connectivity index (χ0) is 19.3. The molecule has 28 heavy (non-hydrogen) atoms. The maximum absolute atomic E-state index is 12.2. The van der Waals surface area contributed by atoms with Crippen LogP contribution in [0.4, 0.5) is 0 Å². The van der Waals surface area contributed by atoms with E-state index in [1.807, 2.05) is 43.3 Å². The van der Waals surface area contributed by atoms with E-state index in [-0.39, 0.29) is 12.7 Å². The largest absolute Gasteiger partial charge is 0.454 e. The van der Waals surface area contributed by atoms with E-state index >= 15 is 0 Å². The molecule has 144 valence electrons. The summed E-state index contributed by atoms with van der Waals surface area (Å²) in [5.41, 5.74) is 4.23. The highest BCUT2D eigenvalue weighted by Crippen LogP contribution is 2.32. The van der Waals surface area contributed by atoms with Gasteiger partial charge in [-0.15, -0.1) is 0 Å². The van der Waals surface area contributed by atoms with Crippen LogP contribution in [0, 0.1) is 6.92 Å². The topological polar surface area (TPSA) is 76.2 Å². The van der Waals surface area contributed by atoms with Gasteiger partial charge in [-0.25, -0.2) is 4.98 Å². The first-order valence-corrected chi connectivity index (χ1v) is 10.0. The predicted molar refractivity (Wildman–Crippen MR) is 108 cm³/mol. The van der Waals surface area contributed by atoms with Crippen molar-refractivity contribution in [3.63, 3.8) is 0 Å². The average molecular weight is 395 g/mol. The molecule has 0 saturated heterocycles. The van der Waals surface area contributed by atoms with Crippen molar-refractivity contribution in [2.45, 2.75) is 25.0 Å². The highest BCUT2D eigenvalue weighted by atomic mass is 32.2. The van der Waals surface area contributed by atoms with Gasteiger partial charge in [0.1, 0.15) is 0 Å². The lowest BCUT2D eigenvalue weighted by atomic mass is 10.1. The summed E-state index contributed by atoms with van der Waals surface area (Å²) < 4.78 is 10.6. The summed E-state index contributed by atoms with van der Waals surface area (Å²) in [6, 6.07) is 15.9. The molecule has 2 aromatic carbocycles. The molecule has 0 bridgehead atoms. The summed E-state index contributed by atoms with van der Waals surface area (Å²) in [7, 11) is 0. The number of hydrogen-bond donors (Lipinski definition) is 2. The molecule has 0 spiro atoms. The zero-order valence-corrected chi connectivity index (χ0v) is 16.3. The molecule has 1 aliphatic heterocycles. The molecule has 0 radical (unpaired) electrons. The third-order valence-electron chi connectivity index (χ3n) is 4.44. The lowest BCUT2D eigenvalue weighted by molar-refractivity contribution is -0.118. The van der Waals surface area contributed by atoms with Crippen molar-refractivity contribution in [3.8, 4) is 11.5 Å². The third kappa shape index (κ3) is 4.48. The fourth-order valence-corrected chi connectivity index (χ4v) is 3.70. The number of carbonyl (C=O) groups is 1. The summed E-state index contributed by atoms with van der Waals surface area (Å²) in [5.74, 6) is 1.73. The molecule has 6 nitrogen and oxygen atoms in total. The van der Waals surface area contributed by atoms with Crippen LogP contribution in [0.5, 0.6) is 11.5 Å². The molecule has 2 heterocycles.